The number of nitrogens with zero attached hydrogens (tertiary/aromatic N) is 3. The van der Waals surface area contributed by atoms with Gasteiger partial charge in [0.25, 0.3) is 5.91 Å². The van der Waals surface area contributed by atoms with Gasteiger partial charge < -0.3 is 9.80 Å². The van der Waals surface area contributed by atoms with Crippen molar-refractivity contribution in [2.45, 2.75) is 13.0 Å². The summed E-state index contributed by atoms with van der Waals surface area (Å²) in [6.07, 6.45) is 0.839. The molecule has 28 heavy (non-hydrogen) atoms. The molecule has 6 heteroatoms. The Labute approximate surface area is 171 Å². The van der Waals surface area contributed by atoms with Gasteiger partial charge in [0.05, 0.1) is 17.1 Å². The van der Waals surface area contributed by atoms with E-state index in [-0.39, 0.29) is 11.8 Å². The van der Waals surface area contributed by atoms with Crippen molar-refractivity contribution in [3.05, 3.63) is 70.7 Å². The lowest BCUT2D eigenvalue weighted by Gasteiger charge is -2.24. The van der Waals surface area contributed by atoms with Crippen molar-refractivity contribution in [2.24, 2.45) is 0 Å². The summed E-state index contributed by atoms with van der Waals surface area (Å²) in [6, 6.07) is 17.1. The third-order valence-corrected chi connectivity index (χ3v) is 5.36. The number of likely N-dealkylation sites (N-methyl/N-ethyl adjacent to an activating group) is 1. The van der Waals surface area contributed by atoms with Crippen LogP contribution in [-0.2, 0) is 11.3 Å². The molecule has 0 saturated carbocycles. The van der Waals surface area contributed by atoms with E-state index in [0.29, 0.717) is 43.3 Å². The van der Waals surface area contributed by atoms with Gasteiger partial charge in [-0.05, 0) is 24.1 Å². The number of benzene rings is 2. The van der Waals surface area contributed by atoms with E-state index in [0.717, 1.165) is 18.5 Å². The Hall–Kier alpha value is -2.37. The first-order valence-electron chi connectivity index (χ1n) is 9.58. The number of amides is 2. The maximum atomic E-state index is 12.8. The van der Waals surface area contributed by atoms with Gasteiger partial charge in [-0.1, -0.05) is 54.1 Å². The Morgan fingerprint density at radius 2 is 1.68 bits per heavy atom. The van der Waals surface area contributed by atoms with Gasteiger partial charge in [0.2, 0.25) is 5.91 Å². The summed E-state index contributed by atoms with van der Waals surface area (Å²) in [7, 11) is 1.83. The SMILES string of the molecule is CN(Cc1ccccc1)C(=O)CN1CCCN(C(=O)c2ccccc2Cl)CC1. The number of rotatable bonds is 5. The molecule has 1 aliphatic rings. The molecule has 148 valence electrons. The smallest absolute Gasteiger partial charge is 0.255 e. The van der Waals surface area contributed by atoms with Crippen LogP contribution in [0.1, 0.15) is 22.3 Å². The molecule has 1 heterocycles. The van der Waals surface area contributed by atoms with Crippen LogP contribution in [0.15, 0.2) is 54.6 Å². The van der Waals surface area contributed by atoms with Crippen LogP contribution < -0.4 is 0 Å². The molecule has 2 aromatic carbocycles. The highest BCUT2D eigenvalue weighted by atomic mass is 35.5. The van der Waals surface area contributed by atoms with E-state index in [1.54, 1.807) is 17.0 Å². The molecule has 0 aromatic heterocycles. The van der Waals surface area contributed by atoms with Crippen LogP contribution in [-0.4, -0.2) is 66.3 Å². The second-order valence-electron chi connectivity index (χ2n) is 7.14. The van der Waals surface area contributed by atoms with Gasteiger partial charge in [-0.3, -0.25) is 14.5 Å². The summed E-state index contributed by atoms with van der Waals surface area (Å²) in [5, 5.41) is 0.478. The van der Waals surface area contributed by atoms with Crippen LogP contribution in [0.4, 0.5) is 0 Å². The van der Waals surface area contributed by atoms with Crippen LogP contribution in [0.2, 0.25) is 5.02 Å². The van der Waals surface area contributed by atoms with Crippen molar-refractivity contribution in [1.82, 2.24) is 14.7 Å². The van der Waals surface area contributed by atoms with E-state index < -0.39 is 0 Å². The van der Waals surface area contributed by atoms with Gasteiger partial charge in [-0.2, -0.15) is 0 Å². The van der Waals surface area contributed by atoms with Crippen molar-refractivity contribution >= 4 is 23.4 Å². The van der Waals surface area contributed by atoms with E-state index in [2.05, 4.69) is 4.90 Å². The van der Waals surface area contributed by atoms with E-state index in [9.17, 15) is 9.59 Å². The standard InChI is InChI=1S/C22H26ClN3O2/c1-24(16-18-8-3-2-4-9-18)21(27)17-25-12-7-13-26(15-14-25)22(28)19-10-5-6-11-20(19)23/h2-6,8-11H,7,12-17H2,1H3. The Balaban J connectivity index is 1.53. The lowest BCUT2D eigenvalue weighted by Crippen LogP contribution is -2.40. The predicted octanol–water partition coefficient (Wildman–Crippen LogP) is 3.15. The van der Waals surface area contributed by atoms with Gasteiger partial charge in [-0.25, -0.2) is 0 Å². The van der Waals surface area contributed by atoms with E-state index in [1.807, 2.05) is 54.4 Å². The van der Waals surface area contributed by atoms with Crippen LogP contribution in [0.3, 0.4) is 0 Å². The second-order valence-corrected chi connectivity index (χ2v) is 7.54. The zero-order valence-corrected chi connectivity index (χ0v) is 16.9. The van der Waals surface area contributed by atoms with Gasteiger partial charge >= 0.3 is 0 Å². The van der Waals surface area contributed by atoms with Gasteiger partial charge in [0.1, 0.15) is 0 Å². The molecule has 5 nitrogen and oxygen atoms in total. The molecule has 2 aromatic rings. The van der Waals surface area contributed by atoms with Crippen LogP contribution in [0, 0.1) is 0 Å². The Kier molecular flexibility index (Phi) is 7.06. The lowest BCUT2D eigenvalue weighted by atomic mass is 10.2. The molecule has 0 aliphatic carbocycles. The molecule has 2 amide bonds. The number of carbonyl (C=O) groups excluding carboxylic acids is 2. The van der Waals surface area contributed by atoms with Gasteiger partial charge in [0.15, 0.2) is 0 Å². The fourth-order valence-electron chi connectivity index (χ4n) is 3.39. The third-order valence-electron chi connectivity index (χ3n) is 5.03. The molecule has 0 spiro atoms. The quantitative estimate of drug-likeness (QED) is 0.775. The van der Waals surface area contributed by atoms with Crippen molar-refractivity contribution in [3.63, 3.8) is 0 Å². The van der Waals surface area contributed by atoms with Gasteiger partial charge in [0, 0.05) is 39.8 Å². The fourth-order valence-corrected chi connectivity index (χ4v) is 3.61. The molecule has 0 unspecified atom stereocenters. The van der Waals surface area contributed by atoms with E-state index in [4.69, 9.17) is 11.6 Å². The Bertz CT molecular complexity index is 812. The Morgan fingerprint density at radius 1 is 0.964 bits per heavy atom. The van der Waals surface area contributed by atoms with Crippen LogP contribution in [0.5, 0.6) is 0 Å². The number of hydrogen-bond donors (Lipinski definition) is 0. The molecule has 1 fully saturated rings. The first kappa shape index (κ1) is 20.4. The van der Waals surface area contributed by atoms with Crippen molar-refractivity contribution in [2.75, 3.05) is 39.8 Å². The number of halogens is 1. The zero-order chi connectivity index (χ0) is 19.9. The average Bonchev–Trinajstić information content (AvgIpc) is 2.94. The van der Waals surface area contributed by atoms with Crippen molar-refractivity contribution < 1.29 is 9.59 Å². The average molecular weight is 400 g/mol. The number of carbonyl (C=O) groups is 2. The summed E-state index contributed by atoms with van der Waals surface area (Å²) in [5.74, 6) is 0.0507. The highest BCUT2D eigenvalue weighted by Crippen LogP contribution is 2.18. The molecule has 1 aliphatic heterocycles. The maximum absolute atomic E-state index is 12.8. The lowest BCUT2D eigenvalue weighted by molar-refractivity contribution is -0.131. The fraction of sp³-hybridized carbons (Fsp3) is 0.364. The minimum Gasteiger partial charge on any atom is -0.340 e. The number of hydrogen-bond acceptors (Lipinski definition) is 3. The zero-order valence-electron chi connectivity index (χ0n) is 16.2. The first-order chi connectivity index (χ1) is 13.5. The predicted molar refractivity (Wildman–Crippen MR) is 111 cm³/mol. The Morgan fingerprint density at radius 3 is 2.43 bits per heavy atom. The molecule has 0 bridgehead atoms. The minimum absolute atomic E-state index is 0.0417. The molecule has 1 saturated heterocycles. The normalized spacial score (nSPS) is 15.1. The molecule has 0 radical (unpaired) electrons. The monoisotopic (exact) mass is 399 g/mol. The molecular formula is C22H26ClN3O2. The second kappa shape index (κ2) is 9.71. The molecule has 0 atom stereocenters. The highest BCUT2D eigenvalue weighted by Gasteiger charge is 2.23. The molecule has 3 rings (SSSR count). The summed E-state index contributed by atoms with van der Waals surface area (Å²) >= 11 is 6.17. The van der Waals surface area contributed by atoms with Crippen LogP contribution >= 0.6 is 11.6 Å². The summed E-state index contributed by atoms with van der Waals surface area (Å²) in [6.45, 7) is 3.73. The van der Waals surface area contributed by atoms with E-state index >= 15 is 0 Å². The summed E-state index contributed by atoms with van der Waals surface area (Å²) in [4.78, 5) is 31.1. The molecular weight excluding hydrogens is 374 g/mol. The summed E-state index contributed by atoms with van der Waals surface area (Å²) < 4.78 is 0. The largest absolute Gasteiger partial charge is 0.340 e. The topological polar surface area (TPSA) is 43.9 Å². The minimum atomic E-state index is -0.0417. The highest BCUT2D eigenvalue weighted by molar-refractivity contribution is 6.33. The first-order valence-corrected chi connectivity index (χ1v) is 9.96. The third kappa shape index (κ3) is 5.33. The summed E-state index contributed by atoms with van der Waals surface area (Å²) in [5.41, 5.74) is 1.65. The van der Waals surface area contributed by atoms with Crippen molar-refractivity contribution in [1.29, 1.82) is 0 Å². The maximum Gasteiger partial charge on any atom is 0.255 e. The van der Waals surface area contributed by atoms with E-state index in [1.165, 1.54) is 0 Å². The van der Waals surface area contributed by atoms with Crippen LogP contribution in [0.25, 0.3) is 0 Å². The van der Waals surface area contributed by atoms with Gasteiger partial charge in [-0.15, -0.1) is 0 Å². The van der Waals surface area contributed by atoms with Crippen molar-refractivity contribution in [3.8, 4) is 0 Å². The molecule has 0 N–H and O–H groups in total.